The maximum Gasteiger partial charge on any atom is 0.339 e. The number of benzene rings is 3. The van der Waals surface area contributed by atoms with Crippen LogP contribution in [0, 0.1) is 0 Å². The number of hydrogen-bond donors (Lipinski definition) is 1. The van der Waals surface area contributed by atoms with Crippen LogP contribution in [0.1, 0.15) is 27.0 Å². The lowest BCUT2D eigenvalue weighted by Crippen LogP contribution is -2.30. The SMILES string of the molecule is COC(=O)c1ccccc1-n1c(C(c2ccccc2)S(=O)(=O)O)nc2c(OC)cccc2c1=O. The van der Waals surface area contributed by atoms with Crippen LogP contribution in [0.15, 0.2) is 77.6 Å². The van der Waals surface area contributed by atoms with Crippen molar-refractivity contribution >= 4 is 27.0 Å². The van der Waals surface area contributed by atoms with Crippen LogP contribution in [-0.2, 0) is 14.9 Å². The molecule has 0 aliphatic carbocycles. The Morgan fingerprint density at radius 3 is 2.29 bits per heavy atom. The Morgan fingerprint density at radius 1 is 0.971 bits per heavy atom. The fourth-order valence-electron chi connectivity index (χ4n) is 3.81. The molecule has 0 amide bonds. The number of hydrogen-bond acceptors (Lipinski definition) is 7. The Kier molecular flexibility index (Phi) is 6.18. The van der Waals surface area contributed by atoms with Gasteiger partial charge in [-0.2, -0.15) is 8.42 Å². The predicted octanol–water partition coefficient (Wildman–Crippen LogP) is 3.16. The maximum absolute atomic E-state index is 13.8. The standard InChI is InChI=1S/C24H20N2O7S/c1-32-19-14-8-12-17-20(19)25-22(21(34(29,30)31)15-9-4-3-5-10-15)26(23(17)27)18-13-7-6-11-16(18)24(28)33-2/h3-14,21H,1-2H3,(H,29,30,31). The van der Waals surface area contributed by atoms with Crippen LogP contribution in [0.4, 0.5) is 0 Å². The summed E-state index contributed by atoms with van der Waals surface area (Å²) in [5, 5.41) is -1.61. The zero-order valence-electron chi connectivity index (χ0n) is 18.2. The average Bonchev–Trinajstić information content (AvgIpc) is 2.83. The van der Waals surface area contributed by atoms with Gasteiger partial charge in [-0.15, -0.1) is 0 Å². The van der Waals surface area contributed by atoms with Gasteiger partial charge in [0.25, 0.3) is 15.7 Å². The molecule has 3 aromatic carbocycles. The highest BCUT2D eigenvalue weighted by molar-refractivity contribution is 7.86. The van der Waals surface area contributed by atoms with E-state index in [1.165, 1.54) is 44.6 Å². The first kappa shape index (κ1) is 23.1. The monoisotopic (exact) mass is 480 g/mol. The van der Waals surface area contributed by atoms with Crippen molar-refractivity contribution in [1.29, 1.82) is 0 Å². The van der Waals surface area contributed by atoms with Gasteiger partial charge in [-0.1, -0.05) is 48.5 Å². The topological polar surface area (TPSA) is 125 Å². The van der Waals surface area contributed by atoms with Crippen LogP contribution < -0.4 is 10.3 Å². The van der Waals surface area contributed by atoms with Gasteiger partial charge in [-0.3, -0.25) is 13.9 Å². The van der Waals surface area contributed by atoms with E-state index in [0.29, 0.717) is 0 Å². The largest absolute Gasteiger partial charge is 0.494 e. The molecule has 0 saturated carbocycles. The van der Waals surface area contributed by atoms with E-state index in [1.54, 1.807) is 42.5 Å². The summed E-state index contributed by atoms with van der Waals surface area (Å²) in [7, 11) is -2.24. The summed E-state index contributed by atoms with van der Waals surface area (Å²) in [4.78, 5) is 30.8. The Hall–Kier alpha value is -4.02. The van der Waals surface area contributed by atoms with Crippen molar-refractivity contribution in [2.45, 2.75) is 5.25 Å². The molecule has 1 N–H and O–H groups in total. The molecule has 0 aliphatic rings. The van der Waals surface area contributed by atoms with Crippen molar-refractivity contribution in [1.82, 2.24) is 9.55 Å². The van der Waals surface area contributed by atoms with Gasteiger partial charge in [0, 0.05) is 0 Å². The third-order valence-electron chi connectivity index (χ3n) is 5.29. The first-order chi connectivity index (χ1) is 16.3. The highest BCUT2D eigenvalue weighted by atomic mass is 32.2. The number of methoxy groups -OCH3 is 2. The minimum atomic E-state index is -4.82. The number of rotatable bonds is 6. The minimum absolute atomic E-state index is 0.0135. The van der Waals surface area contributed by atoms with Crippen molar-refractivity contribution in [3.8, 4) is 11.4 Å². The van der Waals surface area contributed by atoms with E-state index in [1.807, 2.05) is 0 Å². The first-order valence-electron chi connectivity index (χ1n) is 10.1. The number of ether oxygens (including phenoxy) is 2. The van der Waals surface area contributed by atoms with Crippen molar-refractivity contribution in [2.75, 3.05) is 14.2 Å². The normalized spacial score (nSPS) is 12.3. The van der Waals surface area contributed by atoms with E-state index >= 15 is 0 Å². The number of aromatic nitrogens is 2. The Balaban J connectivity index is 2.22. The number of esters is 1. The molecule has 10 heteroatoms. The number of carbonyl (C=O) groups excluding carboxylic acids is 1. The maximum atomic E-state index is 13.8. The van der Waals surface area contributed by atoms with Gasteiger partial charge in [0.2, 0.25) is 0 Å². The lowest BCUT2D eigenvalue weighted by atomic mass is 10.1. The number of nitrogens with zero attached hydrogens (tertiary/aromatic N) is 2. The summed E-state index contributed by atoms with van der Waals surface area (Å²) >= 11 is 0. The first-order valence-corrected chi connectivity index (χ1v) is 11.6. The fourth-order valence-corrected chi connectivity index (χ4v) is 4.73. The average molecular weight is 480 g/mol. The second kappa shape index (κ2) is 9.08. The van der Waals surface area contributed by atoms with Crippen LogP contribution in [0.2, 0.25) is 0 Å². The third kappa shape index (κ3) is 4.04. The predicted molar refractivity (Wildman–Crippen MR) is 125 cm³/mol. The van der Waals surface area contributed by atoms with Gasteiger partial charge in [0.05, 0.1) is 30.9 Å². The van der Waals surface area contributed by atoms with Crippen LogP contribution in [-0.4, -0.2) is 42.7 Å². The van der Waals surface area contributed by atoms with E-state index in [2.05, 4.69) is 4.98 Å². The summed E-state index contributed by atoms with van der Waals surface area (Å²) in [6.45, 7) is 0. The molecule has 1 atom stereocenters. The fraction of sp³-hybridized carbons (Fsp3) is 0.125. The lowest BCUT2D eigenvalue weighted by Gasteiger charge is -2.21. The van der Waals surface area contributed by atoms with Crippen molar-refractivity contribution < 1.29 is 27.2 Å². The number of carbonyl (C=O) groups is 1. The molecule has 4 rings (SSSR count). The molecule has 0 fully saturated rings. The van der Waals surface area contributed by atoms with E-state index in [-0.39, 0.29) is 39.3 Å². The second-order valence-electron chi connectivity index (χ2n) is 7.28. The van der Waals surface area contributed by atoms with Crippen LogP contribution >= 0.6 is 0 Å². The molecule has 174 valence electrons. The zero-order valence-corrected chi connectivity index (χ0v) is 19.0. The number of fused-ring (bicyclic) bond motifs is 1. The van der Waals surface area contributed by atoms with E-state index in [0.717, 1.165) is 4.57 Å². The molecule has 34 heavy (non-hydrogen) atoms. The van der Waals surface area contributed by atoms with Crippen LogP contribution in [0.25, 0.3) is 16.6 Å². The zero-order chi connectivity index (χ0) is 24.5. The van der Waals surface area contributed by atoms with E-state index in [4.69, 9.17) is 9.47 Å². The second-order valence-corrected chi connectivity index (χ2v) is 8.78. The lowest BCUT2D eigenvalue weighted by molar-refractivity contribution is 0.0600. The van der Waals surface area contributed by atoms with E-state index in [9.17, 15) is 22.6 Å². The molecule has 0 bridgehead atoms. The molecule has 4 aromatic rings. The molecule has 9 nitrogen and oxygen atoms in total. The van der Waals surface area contributed by atoms with Crippen LogP contribution in [0.3, 0.4) is 0 Å². The summed E-state index contributed by atoms with van der Waals surface area (Å²) in [6, 6.07) is 18.6. The van der Waals surface area contributed by atoms with Crippen molar-refractivity contribution in [3.63, 3.8) is 0 Å². The van der Waals surface area contributed by atoms with Gasteiger partial charge < -0.3 is 9.47 Å². The van der Waals surface area contributed by atoms with Gasteiger partial charge >= 0.3 is 5.97 Å². The van der Waals surface area contributed by atoms with Gasteiger partial charge in [0.15, 0.2) is 5.25 Å². The molecule has 0 aliphatic heterocycles. The summed E-state index contributed by atoms with van der Waals surface area (Å²) < 4.78 is 46.8. The quantitative estimate of drug-likeness (QED) is 0.330. The molecule has 0 radical (unpaired) electrons. The summed E-state index contributed by atoms with van der Waals surface area (Å²) in [5.74, 6) is -0.805. The minimum Gasteiger partial charge on any atom is -0.494 e. The molecule has 1 aromatic heterocycles. The summed E-state index contributed by atoms with van der Waals surface area (Å²) in [5.41, 5.74) is -0.299. The van der Waals surface area contributed by atoms with Gasteiger partial charge in [-0.05, 0) is 29.8 Å². The Bertz CT molecular complexity index is 1550. The highest BCUT2D eigenvalue weighted by Crippen LogP contribution is 2.32. The van der Waals surface area contributed by atoms with Gasteiger partial charge in [0.1, 0.15) is 17.1 Å². The molecule has 0 spiro atoms. The molecular formula is C24H20N2O7S. The van der Waals surface area contributed by atoms with Crippen molar-refractivity contribution in [3.05, 3.63) is 100 Å². The van der Waals surface area contributed by atoms with Gasteiger partial charge in [-0.25, -0.2) is 9.78 Å². The molecule has 1 unspecified atom stereocenters. The Morgan fingerprint density at radius 2 is 1.65 bits per heavy atom. The molecule has 1 heterocycles. The third-order valence-corrected chi connectivity index (χ3v) is 6.37. The van der Waals surface area contributed by atoms with Crippen LogP contribution in [0.5, 0.6) is 5.75 Å². The summed E-state index contributed by atoms with van der Waals surface area (Å²) in [6.07, 6.45) is 0. The smallest absolute Gasteiger partial charge is 0.339 e. The molecule has 0 saturated heterocycles. The molecular weight excluding hydrogens is 460 g/mol. The highest BCUT2D eigenvalue weighted by Gasteiger charge is 2.34. The number of para-hydroxylation sites is 2. The Labute approximate surface area is 195 Å². The van der Waals surface area contributed by atoms with E-state index < -0.39 is 26.9 Å². The van der Waals surface area contributed by atoms with Crippen molar-refractivity contribution in [2.24, 2.45) is 0 Å².